The molecule has 47 heavy (non-hydrogen) atoms. The van der Waals surface area contributed by atoms with Gasteiger partial charge in [0.25, 0.3) is 5.91 Å². The third-order valence-corrected chi connectivity index (χ3v) is 15.3. The number of alkyl halides is 3. The first-order chi connectivity index (χ1) is 21.4. The highest BCUT2D eigenvalue weighted by Gasteiger charge is 2.66. The first kappa shape index (κ1) is 39.1. The van der Waals surface area contributed by atoms with Crippen molar-refractivity contribution in [3.63, 3.8) is 0 Å². The predicted octanol–water partition coefficient (Wildman–Crippen LogP) is 7.56. The van der Waals surface area contributed by atoms with Gasteiger partial charge in [-0.25, -0.2) is 4.39 Å². The number of nitrogens with one attached hydrogen (secondary N) is 2. The number of rotatable bonds is 10. The van der Waals surface area contributed by atoms with Crippen molar-refractivity contribution in [3.05, 3.63) is 53.4 Å². The SMILES string of the molecule is COc1c([C@H]2[C@H](C(=O)Nc3ccnc(C(CO[Si](C)(C)C(C)(C)C)N[S+]([O-])C(C)(C)C)c3)O[C@@](C)(C(F)(F)F)[C@H]2C)ccc(F)c1F. The summed E-state index contributed by atoms with van der Waals surface area (Å²) in [4.78, 5) is 18.2. The molecule has 1 aliphatic heterocycles. The highest BCUT2D eigenvalue weighted by molar-refractivity contribution is 7.90. The van der Waals surface area contributed by atoms with Gasteiger partial charge in [0.05, 0.1) is 19.4 Å². The van der Waals surface area contributed by atoms with E-state index < -0.39 is 83.5 Å². The Kier molecular flexibility index (Phi) is 11.6. The van der Waals surface area contributed by atoms with Crippen LogP contribution >= 0.6 is 0 Å². The minimum atomic E-state index is -4.90. The molecule has 15 heteroatoms. The zero-order valence-electron chi connectivity index (χ0n) is 28.7. The van der Waals surface area contributed by atoms with Crippen molar-refractivity contribution in [1.29, 1.82) is 0 Å². The molecular formula is C32H46F5N3O5SSi. The summed E-state index contributed by atoms with van der Waals surface area (Å²) in [7, 11) is -1.19. The van der Waals surface area contributed by atoms with Gasteiger partial charge in [-0.15, -0.1) is 4.72 Å². The van der Waals surface area contributed by atoms with E-state index in [2.05, 4.69) is 48.9 Å². The van der Waals surface area contributed by atoms with E-state index in [1.165, 1.54) is 25.3 Å². The number of hydrogen-bond donors (Lipinski definition) is 2. The lowest BCUT2D eigenvalue weighted by Gasteiger charge is -2.37. The number of anilines is 1. The van der Waals surface area contributed by atoms with Gasteiger partial charge >= 0.3 is 6.18 Å². The Labute approximate surface area is 278 Å². The molecule has 2 N–H and O–H groups in total. The van der Waals surface area contributed by atoms with Crippen molar-refractivity contribution in [3.8, 4) is 5.75 Å². The van der Waals surface area contributed by atoms with E-state index in [1.807, 2.05) is 20.8 Å². The summed E-state index contributed by atoms with van der Waals surface area (Å²) in [5.74, 6) is -6.97. The second-order valence-electron chi connectivity index (χ2n) is 14.5. The zero-order valence-corrected chi connectivity index (χ0v) is 30.5. The second kappa shape index (κ2) is 13.9. The molecular weight excluding hydrogens is 662 g/mol. The fourth-order valence-electron chi connectivity index (χ4n) is 4.96. The number of halogens is 5. The van der Waals surface area contributed by atoms with Crippen LogP contribution in [0.3, 0.4) is 0 Å². The molecule has 1 amide bonds. The summed E-state index contributed by atoms with van der Waals surface area (Å²) >= 11 is -1.53. The van der Waals surface area contributed by atoms with Crippen molar-refractivity contribution in [1.82, 2.24) is 9.71 Å². The average Bonchev–Trinajstić information content (AvgIpc) is 3.22. The number of pyridine rings is 1. The van der Waals surface area contributed by atoms with Crippen LogP contribution in [0.5, 0.6) is 5.75 Å². The molecule has 8 nitrogen and oxygen atoms in total. The molecule has 6 atom stereocenters. The number of nitrogens with zero attached hydrogens (tertiary/aromatic N) is 1. The maximum absolute atomic E-state index is 14.7. The van der Waals surface area contributed by atoms with Crippen LogP contribution in [0.4, 0.5) is 27.6 Å². The van der Waals surface area contributed by atoms with E-state index in [0.29, 0.717) is 5.69 Å². The van der Waals surface area contributed by atoms with Gasteiger partial charge in [0.15, 0.2) is 25.5 Å². The molecule has 1 saturated heterocycles. The lowest BCUT2D eigenvalue weighted by molar-refractivity contribution is -0.272. The van der Waals surface area contributed by atoms with Crippen LogP contribution in [0.25, 0.3) is 0 Å². The van der Waals surface area contributed by atoms with Crippen LogP contribution in [0.2, 0.25) is 18.1 Å². The summed E-state index contributed by atoms with van der Waals surface area (Å²) in [5, 5.41) is 2.51. The van der Waals surface area contributed by atoms with Crippen LogP contribution < -0.4 is 14.8 Å². The highest BCUT2D eigenvalue weighted by Crippen LogP contribution is 2.55. The lowest BCUT2D eigenvalue weighted by Crippen LogP contribution is -2.47. The number of hydrogen-bond acceptors (Lipinski definition) is 7. The van der Waals surface area contributed by atoms with E-state index >= 15 is 0 Å². The predicted molar refractivity (Wildman–Crippen MR) is 174 cm³/mol. The normalized spacial score (nSPS) is 23.8. The first-order valence-electron chi connectivity index (χ1n) is 15.2. The van der Waals surface area contributed by atoms with Crippen molar-refractivity contribution in [2.24, 2.45) is 5.92 Å². The summed E-state index contributed by atoms with van der Waals surface area (Å²) in [5.41, 5.74) is -2.39. The Morgan fingerprint density at radius 2 is 1.77 bits per heavy atom. The number of methoxy groups -OCH3 is 1. The van der Waals surface area contributed by atoms with Crippen molar-refractivity contribution < 1.29 is 45.2 Å². The van der Waals surface area contributed by atoms with Crippen molar-refractivity contribution in [2.45, 2.75) is 108 Å². The number of carbonyl (C=O) groups is 1. The monoisotopic (exact) mass is 707 g/mol. The first-order valence-corrected chi connectivity index (χ1v) is 19.3. The average molecular weight is 708 g/mol. The molecule has 2 aromatic rings. The zero-order chi connectivity index (χ0) is 35.9. The fraction of sp³-hybridized carbons (Fsp3) is 0.625. The molecule has 264 valence electrons. The second-order valence-corrected chi connectivity index (χ2v) is 21.3. The Bertz CT molecular complexity index is 1440. The Hall–Kier alpha value is -2.30. The van der Waals surface area contributed by atoms with E-state index in [-0.39, 0.29) is 22.9 Å². The molecule has 0 saturated carbocycles. The van der Waals surface area contributed by atoms with Gasteiger partial charge < -0.3 is 23.8 Å². The van der Waals surface area contributed by atoms with Gasteiger partial charge in [-0.1, -0.05) is 33.8 Å². The summed E-state index contributed by atoms with van der Waals surface area (Å²) < 4.78 is 104. The molecule has 0 spiro atoms. The van der Waals surface area contributed by atoms with Gasteiger partial charge in [-0.3, -0.25) is 9.78 Å². The van der Waals surface area contributed by atoms with E-state index in [4.69, 9.17) is 13.9 Å². The van der Waals surface area contributed by atoms with E-state index in [0.717, 1.165) is 26.2 Å². The van der Waals surface area contributed by atoms with Gasteiger partial charge in [-0.2, -0.15) is 17.6 Å². The number of carbonyl (C=O) groups excluding carboxylic acids is 1. The minimum Gasteiger partial charge on any atom is -0.598 e. The molecule has 0 radical (unpaired) electrons. The summed E-state index contributed by atoms with van der Waals surface area (Å²) in [6.45, 7) is 18.0. The third-order valence-electron chi connectivity index (χ3n) is 9.20. The quantitative estimate of drug-likeness (QED) is 0.149. The fourth-order valence-corrected chi connectivity index (χ4v) is 6.78. The maximum Gasteiger partial charge on any atom is 0.417 e. The third kappa shape index (κ3) is 8.30. The summed E-state index contributed by atoms with van der Waals surface area (Å²) in [6, 6.07) is 4.16. The Morgan fingerprint density at radius 1 is 1.15 bits per heavy atom. The van der Waals surface area contributed by atoms with Crippen molar-refractivity contribution in [2.75, 3.05) is 19.0 Å². The van der Waals surface area contributed by atoms with Gasteiger partial charge in [0.1, 0.15) is 16.9 Å². The molecule has 1 aliphatic rings. The Morgan fingerprint density at radius 3 is 2.30 bits per heavy atom. The standard InChI is InChI=1S/C32H46F5N3O5SSi/c1-18-24(20-12-13-21(33)25(34)26(20)43-9)27(45-31(18,8)32(35,36)37)28(41)39-19-14-15-38-22(16-19)23(40-46(42)29(2,3)4)17-44-47(10,11)30(5,6)7/h12-16,18,23-24,27,40H,17H2,1-11H3,(H,38,39,41)/t18-,23?,24-,27+,31+,46?/m0/s1. The van der Waals surface area contributed by atoms with E-state index in [9.17, 15) is 31.3 Å². The Balaban J connectivity index is 2.00. The minimum absolute atomic E-state index is 0.111. The van der Waals surface area contributed by atoms with Gasteiger partial charge in [0.2, 0.25) is 5.82 Å². The van der Waals surface area contributed by atoms with Crippen LogP contribution in [0.15, 0.2) is 30.5 Å². The molecule has 2 heterocycles. The van der Waals surface area contributed by atoms with E-state index in [1.54, 1.807) is 0 Å². The number of amides is 1. The molecule has 1 aromatic heterocycles. The molecule has 3 rings (SSSR count). The molecule has 1 fully saturated rings. The molecule has 2 unspecified atom stereocenters. The van der Waals surface area contributed by atoms with Crippen molar-refractivity contribution >= 4 is 31.3 Å². The van der Waals surface area contributed by atoms with Crippen LogP contribution in [0.1, 0.15) is 78.6 Å². The summed E-state index contributed by atoms with van der Waals surface area (Å²) in [6.07, 6.45) is -5.27. The van der Waals surface area contributed by atoms with Crippen LogP contribution in [0, 0.1) is 17.6 Å². The molecule has 0 aliphatic carbocycles. The van der Waals surface area contributed by atoms with Gasteiger partial charge in [0, 0.05) is 40.6 Å². The molecule has 0 bridgehead atoms. The van der Waals surface area contributed by atoms with Crippen LogP contribution in [-0.2, 0) is 25.3 Å². The highest BCUT2D eigenvalue weighted by atomic mass is 32.2. The molecule has 1 aromatic carbocycles. The maximum atomic E-state index is 14.7. The van der Waals surface area contributed by atoms with Crippen LogP contribution in [-0.4, -0.2) is 60.1 Å². The largest absolute Gasteiger partial charge is 0.598 e. The number of ether oxygens (including phenoxy) is 2. The topological polar surface area (TPSA) is 105 Å². The smallest absolute Gasteiger partial charge is 0.417 e. The lowest BCUT2D eigenvalue weighted by atomic mass is 9.77. The number of aromatic nitrogens is 1. The van der Waals surface area contributed by atoms with Gasteiger partial charge in [-0.05, 0) is 64.0 Å². The number of benzene rings is 1.